The molecule has 0 aliphatic rings. The van der Waals surface area contributed by atoms with Crippen LogP contribution in [0.4, 0.5) is 0 Å². The SMILES string of the molecule is CCCCCCCCCCCCCCCCCCCC(N)Cl. The van der Waals surface area contributed by atoms with Crippen LogP contribution in [0.3, 0.4) is 0 Å². The van der Waals surface area contributed by atoms with Gasteiger partial charge in [0.05, 0.1) is 5.50 Å². The van der Waals surface area contributed by atoms with E-state index < -0.39 is 0 Å². The van der Waals surface area contributed by atoms with Gasteiger partial charge in [-0.05, 0) is 6.42 Å². The van der Waals surface area contributed by atoms with E-state index in [1.165, 1.54) is 109 Å². The number of halogens is 1. The van der Waals surface area contributed by atoms with E-state index in [2.05, 4.69) is 6.92 Å². The van der Waals surface area contributed by atoms with E-state index >= 15 is 0 Å². The van der Waals surface area contributed by atoms with Gasteiger partial charge in [0.15, 0.2) is 0 Å². The Hall–Kier alpha value is 0.250. The van der Waals surface area contributed by atoms with Gasteiger partial charge in [-0.15, -0.1) is 11.6 Å². The molecule has 0 saturated carbocycles. The zero-order valence-electron chi connectivity index (χ0n) is 15.3. The number of rotatable bonds is 18. The molecule has 1 nitrogen and oxygen atoms in total. The first kappa shape index (κ1) is 22.2. The molecule has 0 radical (unpaired) electrons. The molecule has 0 spiro atoms. The monoisotopic (exact) mass is 331 g/mol. The van der Waals surface area contributed by atoms with Gasteiger partial charge in [-0.3, -0.25) is 0 Å². The molecule has 0 bridgehead atoms. The van der Waals surface area contributed by atoms with E-state index in [1.54, 1.807) is 0 Å². The molecule has 0 amide bonds. The molecule has 1 atom stereocenters. The fourth-order valence-corrected chi connectivity index (χ4v) is 3.22. The van der Waals surface area contributed by atoms with Crippen LogP contribution < -0.4 is 5.73 Å². The lowest BCUT2D eigenvalue weighted by molar-refractivity contribution is 0.524. The standard InChI is InChI=1S/C20H42ClN/c1-2-3-4-5-6-7-8-9-10-11-12-13-14-15-16-17-18-19-20(21)22/h20H,2-19,22H2,1H3. The molecule has 0 aromatic heterocycles. The van der Waals surface area contributed by atoms with E-state index in [0.717, 1.165) is 6.42 Å². The molecular weight excluding hydrogens is 290 g/mol. The molecule has 0 aliphatic heterocycles. The Morgan fingerprint density at radius 1 is 0.545 bits per heavy atom. The van der Waals surface area contributed by atoms with Crippen molar-refractivity contribution in [2.24, 2.45) is 5.73 Å². The van der Waals surface area contributed by atoms with Gasteiger partial charge in [0.25, 0.3) is 0 Å². The highest BCUT2D eigenvalue weighted by atomic mass is 35.5. The Morgan fingerprint density at radius 3 is 1.09 bits per heavy atom. The molecule has 2 heteroatoms. The average molecular weight is 332 g/mol. The van der Waals surface area contributed by atoms with Crippen molar-refractivity contribution in [3.8, 4) is 0 Å². The third kappa shape index (κ3) is 20.2. The summed E-state index contributed by atoms with van der Waals surface area (Å²) in [4.78, 5) is 0. The smallest absolute Gasteiger partial charge is 0.0800 e. The van der Waals surface area contributed by atoms with E-state index in [0.29, 0.717) is 0 Å². The molecule has 1 unspecified atom stereocenters. The van der Waals surface area contributed by atoms with Gasteiger partial charge in [-0.1, -0.05) is 116 Å². The second-order valence-electron chi connectivity index (χ2n) is 6.96. The zero-order valence-corrected chi connectivity index (χ0v) is 16.0. The minimum atomic E-state index is -0.128. The molecule has 0 rings (SSSR count). The second kappa shape index (κ2) is 19.3. The van der Waals surface area contributed by atoms with Crippen molar-refractivity contribution in [3.05, 3.63) is 0 Å². The summed E-state index contributed by atoms with van der Waals surface area (Å²) in [5, 5.41) is 0. The van der Waals surface area contributed by atoms with Gasteiger partial charge >= 0.3 is 0 Å². The van der Waals surface area contributed by atoms with Crippen LogP contribution in [0, 0.1) is 0 Å². The maximum Gasteiger partial charge on any atom is 0.0800 e. The highest BCUT2D eigenvalue weighted by molar-refractivity contribution is 6.20. The summed E-state index contributed by atoms with van der Waals surface area (Å²) in [6, 6.07) is 0. The number of hydrogen-bond donors (Lipinski definition) is 1. The summed E-state index contributed by atoms with van der Waals surface area (Å²) in [6.07, 6.45) is 25.0. The van der Waals surface area contributed by atoms with Crippen LogP contribution in [0.15, 0.2) is 0 Å². The summed E-state index contributed by atoms with van der Waals surface area (Å²) in [6.45, 7) is 2.29. The summed E-state index contributed by atoms with van der Waals surface area (Å²) in [7, 11) is 0. The van der Waals surface area contributed by atoms with Crippen LogP contribution in [-0.2, 0) is 0 Å². The molecule has 0 fully saturated rings. The first-order valence-electron chi connectivity index (χ1n) is 10.2. The predicted molar refractivity (Wildman–Crippen MR) is 103 cm³/mol. The van der Waals surface area contributed by atoms with Crippen molar-refractivity contribution in [2.75, 3.05) is 0 Å². The molecule has 0 heterocycles. The lowest BCUT2D eigenvalue weighted by atomic mass is 10.0. The first-order chi connectivity index (χ1) is 10.8. The molecule has 134 valence electrons. The molecule has 22 heavy (non-hydrogen) atoms. The maximum atomic E-state index is 5.73. The van der Waals surface area contributed by atoms with Crippen molar-refractivity contribution >= 4 is 11.6 Å². The maximum absolute atomic E-state index is 5.73. The van der Waals surface area contributed by atoms with Gasteiger partial charge in [0, 0.05) is 0 Å². The van der Waals surface area contributed by atoms with Crippen molar-refractivity contribution in [1.29, 1.82) is 0 Å². The summed E-state index contributed by atoms with van der Waals surface area (Å²) < 4.78 is 0. The Kier molecular flexibility index (Phi) is 19.5. The topological polar surface area (TPSA) is 26.0 Å². The number of alkyl halides is 1. The van der Waals surface area contributed by atoms with E-state index in [1.807, 2.05) is 0 Å². The quantitative estimate of drug-likeness (QED) is 0.156. The third-order valence-electron chi connectivity index (χ3n) is 4.58. The van der Waals surface area contributed by atoms with Gasteiger partial charge < -0.3 is 5.73 Å². The fourth-order valence-electron chi connectivity index (χ4n) is 3.06. The van der Waals surface area contributed by atoms with E-state index in [-0.39, 0.29) is 5.50 Å². The molecule has 0 aromatic carbocycles. The normalized spacial score (nSPS) is 12.7. The second-order valence-corrected chi connectivity index (χ2v) is 7.52. The molecule has 0 aromatic rings. The Balaban J connectivity index is 2.94. The minimum Gasteiger partial charge on any atom is -0.315 e. The van der Waals surface area contributed by atoms with E-state index in [4.69, 9.17) is 17.3 Å². The molecule has 2 N–H and O–H groups in total. The van der Waals surface area contributed by atoms with Gasteiger partial charge in [0.2, 0.25) is 0 Å². The average Bonchev–Trinajstić information content (AvgIpc) is 2.50. The Bertz CT molecular complexity index is 194. The first-order valence-corrected chi connectivity index (χ1v) is 10.6. The van der Waals surface area contributed by atoms with E-state index in [9.17, 15) is 0 Å². The fraction of sp³-hybridized carbons (Fsp3) is 1.00. The van der Waals surface area contributed by atoms with Crippen molar-refractivity contribution < 1.29 is 0 Å². The molecule has 0 aliphatic carbocycles. The summed E-state index contributed by atoms with van der Waals surface area (Å²) >= 11 is 5.73. The third-order valence-corrected chi connectivity index (χ3v) is 4.80. The van der Waals surface area contributed by atoms with Crippen LogP contribution >= 0.6 is 11.6 Å². The zero-order chi connectivity index (χ0) is 16.3. The largest absolute Gasteiger partial charge is 0.315 e. The Morgan fingerprint density at radius 2 is 0.818 bits per heavy atom. The lowest BCUT2D eigenvalue weighted by Gasteiger charge is -2.04. The highest BCUT2D eigenvalue weighted by Crippen LogP contribution is 2.14. The van der Waals surface area contributed by atoms with Gasteiger partial charge in [-0.25, -0.2) is 0 Å². The molecular formula is C20H42ClN. The minimum absolute atomic E-state index is 0.128. The molecule has 0 saturated heterocycles. The predicted octanol–water partition coefficient (Wildman–Crippen LogP) is 7.55. The summed E-state index contributed by atoms with van der Waals surface area (Å²) in [5.41, 5.74) is 5.40. The number of hydrogen-bond acceptors (Lipinski definition) is 1. The van der Waals surface area contributed by atoms with Gasteiger partial charge in [-0.2, -0.15) is 0 Å². The van der Waals surface area contributed by atoms with Crippen LogP contribution in [-0.4, -0.2) is 5.50 Å². The lowest BCUT2D eigenvalue weighted by Crippen LogP contribution is -2.10. The number of unbranched alkanes of at least 4 members (excludes halogenated alkanes) is 16. The van der Waals surface area contributed by atoms with Crippen LogP contribution in [0.2, 0.25) is 0 Å². The van der Waals surface area contributed by atoms with Crippen LogP contribution in [0.25, 0.3) is 0 Å². The highest BCUT2D eigenvalue weighted by Gasteiger charge is 1.97. The van der Waals surface area contributed by atoms with Crippen LogP contribution in [0.1, 0.15) is 122 Å². The van der Waals surface area contributed by atoms with Crippen molar-refractivity contribution in [2.45, 2.75) is 128 Å². The van der Waals surface area contributed by atoms with Crippen molar-refractivity contribution in [1.82, 2.24) is 0 Å². The Labute approximate surface area is 145 Å². The van der Waals surface area contributed by atoms with Crippen LogP contribution in [0.5, 0.6) is 0 Å². The van der Waals surface area contributed by atoms with Crippen molar-refractivity contribution in [3.63, 3.8) is 0 Å². The number of nitrogens with two attached hydrogens (primary N) is 1. The summed E-state index contributed by atoms with van der Waals surface area (Å²) in [5.74, 6) is 0. The van der Waals surface area contributed by atoms with Gasteiger partial charge in [0.1, 0.15) is 0 Å².